The SMILES string of the molecule is CCCCCCCCCCCCCCCCCCCCCCCCCCCCCCNCCCCCCCCCCCCCCCCCCCCCCCCCCCCCC. The van der Waals surface area contributed by atoms with Crippen molar-refractivity contribution < 1.29 is 0 Å². The molecule has 0 saturated carbocycles. The van der Waals surface area contributed by atoms with Crippen molar-refractivity contribution in [2.75, 3.05) is 13.1 Å². The highest BCUT2D eigenvalue weighted by Crippen LogP contribution is 2.19. The van der Waals surface area contributed by atoms with E-state index in [4.69, 9.17) is 0 Å². The molecule has 0 aromatic carbocycles. The maximum absolute atomic E-state index is 3.73. The average molecular weight is 859 g/mol. The van der Waals surface area contributed by atoms with Crippen LogP contribution in [0.15, 0.2) is 0 Å². The third-order valence-corrected chi connectivity index (χ3v) is 14.4. The number of hydrogen-bond donors (Lipinski definition) is 1. The molecule has 1 nitrogen and oxygen atoms in total. The van der Waals surface area contributed by atoms with Crippen molar-refractivity contribution in [1.29, 1.82) is 0 Å². The van der Waals surface area contributed by atoms with E-state index in [1.54, 1.807) is 0 Å². The molecule has 0 radical (unpaired) electrons. The first-order valence-electron chi connectivity index (χ1n) is 30.1. The minimum atomic E-state index is 1.25. The first-order valence-corrected chi connectivity index (χ1v) is 30.1. The van der Waals surface area contributed by atoms with Crippen molar-refractivity contribution in [2.24, 2.45) is 0 Å². The fourth-order valence-electron chi connectivity index (χ4n) is 9.96. The van der Waals surface area contributed by atoms with Crippen molar-refractivity contribution in [3.63, 3.8) is 0 Å². The second-order valence-corrected chi connectivity index (χ2v) is 20.8. The molecule has 368 valence electrons. The van der Waals surface area contributed by atoms with E-state index < -0.39 is 0 Å². The minimum absolute atomic E-state index is 1.25. The van der Waals surface area contributed by atoms with Crippen LogP contribution in [0.2, 0.25) is 0 Å². The zero-order chi connectivity index (χ0) is 43.7. The standard InChI is InChI=1S/C60H123N/c1-3-5-7-9-11-13-15-17-19-21-23-25-27-29-31-33-35-37-39-41-43-45-47-49-51-53-55-57-59-61-60-58-56-54-52-50-48-46-44-42-40-38-36-34-32-30-28-26-24-22-20-18-16-14-12-10-8-6-4-2/h61H,3-60H2,1-2H3. The second kappa shape index (κ2) is 60.0. The highest BCUT2D eigenvalue weighted by molar-refractivity contribution is 4.56. The van der Waals surface area contributed by atoms with Gasteiger partial charge in [-0.25, -0.2) is 0 Å². The van der Waals surface area contributed by atoms with Crippen LogP contribution >= 0.6 is 0 Å². The van der Waals surface area contributed by atoms with Crippen molar-refractivity contribution in [2.45, 2.75) is 373 Å². The van der Waals surface area contributed by atoms with Crippen molar-refractivity contribution in [3.05, 3.63) is 0 Å². The number of nitrogens with one attached hydrogen (secondary N) is 1. The van der Waals surface area contributed by atoms with Crippen LogP contribution in [0.25, 0.3) is 0 Å². The summed E-state index contributed by atoms with van der Waals surface area (Å²) in [6.07, 6.45) is 82.7. The summed E-state index contributed by atoms with van der Waals surface area (Å²) in [5, 5.41) is 3.73. The molecule has 0 saturated heterocycles. The fraction of sp³-hybridized carbons (Fsp3) is 1.00. The molecule has 1 N–H and O–H groups in total. The van der Waals surface area contributed by atoms with Gasteiger partial charge in [0.15, 0.2) is 0 Å². The minimum Gasteiger partial charge on any atom is -0.317 e. The maximum Gasteiger partial charge on any atom is -0.00489 e. The number of unbranched alkanes of at least 4 members (excludes halogenated alkanes) is 54. The van der Waals surface area contributed by atoms with Crippen LogP contribution in [0.5, 0.6) is 0 Å². The zero-order valence-electron chi connectivity index (χ0n) is 43.5. The Labute approximate surface area is 390 Å². The molecule has 0 amide bonds. The molecular weight excluding hydrogens is 735 g/mol. The fourth-order valence-corrected chi connectivity index (χ4v) is 9.96. The summed E-state index contributed by atoms with van der Waals surface area (Å²) in [7, 11) is 0. The Hall–Kier alpha value is -0.0400. The van der Waals surface area contributed by atoms with Crippen LogP contribution in [0.3, 0.4) is 0 Å². The van der Waals surface area contributed by atoms with E-state index in [9.17, 15) is 0 Å². The van der Waals surface area contributed by atoms with Gasteiger partial charge in [-0.05, 0) is 25.9 Å². The number of hydrogen-bond acceptors (Lipinski definition) is 1. The Bertz CT molecular complexity index is 644. The Balaban J connectivity index is 3.06. The smallest absolute Gasteiger partial charge is 0.00489 e. The average Bonchev–Trinajstić information content (AvgIpc) is 3.27. The van der Waals surface area contributed by atoms with Gasteiger partial charge in [0.25, 0.3) is 0 Å². The topological polar surface area (TPSA) is 12.0 Å². The lowest BCUT2D eigenvalue weighted by Gasteiger charge is -2.06. The predicted molar refractivity (Wildman–Crippen MR) is 283 cm³/mol. The lowest BCUT2D eigenvalue weighted by Crippen LogP contribution is -2.16. The molecule has 0 spiro atoms. The van der Waals surface area contributed by atoms with Gasteiger partial charge in [0.05, 0.1) is 0 Å². The molecule has 0 aliphatic carbocycles. The molecule has 61 heavy (non-hydrogen) atoms. The van der Waals surface area contributed by atoms with Gasteiger partial charge in [0.2, 0.25) is 0 Å². The molecule has 0 rings (SSSR count). The van der Waals surface area contributed by atoms with Gasteiger partial charge in [-0.15, -0.1) is 0 Å². The van der Waals surface area contributed by atoms with Gasteiger partial charge in [0, 0.05) is 0 Å². The quantitative estimate of drug-likeness (QED) is 0.0601. The first-order chi connectivity index (χ1) is 30.4. The first kappa shape index (κ1) is 61.0. The van der Waals surface area contributed by atoms with E-state index in [0.717, 1.165) is 0 Å². The molecule has 0 aliphatic rings. The highest BCUT2D eigenvalue weighted by Gasteiger charge is 2.00. The van der Waals surface area contributed by atoms with E-state index >= 15 is 0 Å². The lowest BCUT2D eigenvalue weighted by atomic mass is 10.0. The van der Waals surface area contributed by atoms with Gasteiger partial charge in [-0.3, -0.25) is 0 Å². The summed E-state index contributed by atoms with van der Waals surface area (Å²) in [6, 6.07) is 0. The monoisotopic (exact) mass is 858 g/mol. The van der Waals surface area contributed by atoms with Gasteiger partial charge < -0.3 is 5.32 Å². The van der Waals surface area contributed by atoms with Crippen molar-refractivity contribution >= 4 is 0 Å². The Morgan fingerprint density at radius 3 is 0.344 bits per heavy atom. The van der Waals surface area contributed by atoms with E-state index in [1.165, 1.54) is 373 Å². The molecule has 0 heterocycles. The summed E-state index contributed by atoms with van der Waals surface area (Å²) in [5.41, 5.74) is 0. The third-order valence-electron chi connectivity index (χ3n) is 14.4. The molecule has 0 atom stereocenters. The van der Waals surface area contributed by atoms with Gasteiger partial charge >= 0.3 is 0 Å². The van der Waals surface area contributed by atoms with Gasteiger partial charge in [-0.1, -0.05) is 361 Å². The third kappa shape index (κ3) is 60.0. The molecule has 0 bridgehead atoms. The summed E-state index contributed by atoms with van der Waals surface area (Å²) in [4.78, 5) is 0. The van der Waals surface area contributed by atoms with E-state index in [2.05, 4.69) is 19.2 Å². The van der Waals surface area contributed by atoms with Gasteiger partial charge in [0.1, 0.15) is 0 Å². The van der Waals surface area contributed by atoms with Crippen LogP contribution in [0.4, 0.5) is 0 Å². The molecule has 0 unspecified atom stereocenters. The van der Waals surface area contributed by atoms with Gasteiger partial charge in [-0.2, -0.15) is 0 Å². The number of rotatable bonds is 58. The molecular formula is C60H123N. The zero-order valence-corrected chi connectivity index (χ0v) is 43.5. The summed E-state index contributed by atoms with van der Waals surface area (Å²) in [6.45, 7) is 7.12. The van der Waals surface area contributed by atoms with Crippen LogP contribution in [-0.4, -0.2) is 13.1 Å². The van der Waals surface area contributed by atoms with Crippen molar-refractivity contribution in [3.8, 4) is 0 Å². The molecule has 0 aromatic rings. The lowest BCUT2D eigenvalue weighted by molar-refractivity contribution is 0.509. The summed E-state index contributed by atoms with van der Waals surface area (Å²) >= 11 is 0. The van der Waals surface area contributed by atoms with Crippen LogP contribution in [0.1, 0.15) is 373 Å². The molecule has 0 fully saturated rings. The molecule has 0 aromatic heterocycles. The molecule has 1 heteroatoms. The Kier molecular flexibility index (Phi) is 59.9. The van der Waals surface area contributed by atoms with E-state index in [-0.39, 0.29) is 0 Å². The van der Waals surface area contributed by atoms with E-state index in [1.807, 2.05) is 0 Å². The summed E-state index contributed by atoms with van der Waals surface area (Å²) < 4.78 is 0. The van der Waals surface area contributed by atoms with Crippen LogP contribution in [-0.2, 0) is 0 Å². The maximum atomic E-state index is 3.73. The molecule has 0 aliphatic heterocycles. The Morgan fingerprint density at radius 2 is 0.230 bits per heavy atom. The van der Waals surface area contributed by atoms with Crippen LogP contribution in [0, 0.1) is 0 Å². The second-order valence-electron chi connectivity index (χ2n) is 20.8. The predicted octanol–water partition coefficient (Wildman–Crippen LogP) is 22.5. The highest BCUT2D eigenvalue weighted by atomic mass is 14.8. The van der Waals surface area contributed by atoms with Crippen molar-refractivity contribution in [1.82, 2.24) is 5.32 Å². The van der Waals surface area contributed by atoms with E-state index in [0.29, 0.717) is 0 Å². The van der Waals surface area contributed by atoms with Crippen LogP contribution < -0.4 is 5.32 Å². The summed E-state index contributed by atoms with van der Waals surface area (Å²) in [5.74, 6) is 0. The Morgan fingerprint density at radius 1 is 0.131 bits per heavy atom. The normalized spacial score (nSPS) is 11.7. The largest absolute Gasteiger partial charge is 0.317 e.